The monoisotopic (exact) mass is 273 g/mol. The number of phenols is 1. The first-order valence-corrected chi connectivity index (χ1v) is 5.71. The normalized spacial score (nSPS) is 10.6. The van der Waals surface area contributed by atoms with Crippen LogP contribution in [0.25, 0.3) is 0 Å². The molecule has 84 valence electrons. The Hall–Kier alpha value is -0.580. The number of ether oxygens (including phenoxy) is 1. The smallest absolute Gasteiger partial charge is 0.125 e. The van der Waals surface area contributed by atoms with Crippen molar-refractivity contribution >= 4 is 15.9 Å². The fourth-order valence-corrected chi connectivity index (χ4v) is 1.92. The summed E-state index contributed by atoms with van der Waals surface area (Å²) in [5, 5.41) is 12.9. The molecular weight excluding hydrogens is 258 g/mol. The van der Waals surface area contributed by atoms with Gasteiger partial charge in [-0.05, 0) is 26.1 Å². The molecule has 0 amide bonds. The van der Waals surface area contributed by atoms with Crippen LogP contribution in [0.15, 0.2) is 16.6 Å². The van der Waals surface area contributed by atoms with Crippen LogP contribution in [0.3, 0.4) is 0 Å². The molecule has 0 heterocycles. The molecule has 0 bridgehead atoms. The van der Waals surface area contributed by atoms with Gasteiger partial charge in [0.25, 0.3) is 0 Å². The van der Waals surface area contributed by atoms with Gasteiger partial charge in [0.05, 0.1) is 6.61 Å². The van der Waals surface area contributed by atoms with Gasteiger partial charge in [-0.2, -0.15) is 0 Å². The second-order valence-electron chi connectivity index (χ2n) is 3.24. The molecule has 0 aliphatic heterocycles. The lowest BCUT2D eigenvalue weighted by atomic mass is 10.1. The summed E-state index contributed by atoms with van der Waals surface area (Å²) in [6.45, 7) is 3.67. The Balaban J connectivity index is 2.93. The van der Waals surface area contributed by atoms with Crippen LogP contribution >= 0.6 is 15.9 Å². The molecule has 0 radical (unpaired) electrons. The van der Waals surface area contributed by atoms with Crippen molar-refractivity contribution in [2.75, 3.05) is 13.7 Å². The summed E-state index contributed by atoms with van der Waals surface area (Å²) in [5.41, 5.74) is 1.69. The lowest BCUT2D eigenvalue weighted by molar-refractivity contribution is 0.132. The van der Waals surface area contributed by atoms with Gasteiger partial charge in [0.1, 0.15) is 5.75 Å². The Morgan fingerprint density at radius 2 is 2.07 bits per heavy atom. The number of hydrogen-bond donors (Lipinski definition) is 2. The average molecular weight is 274 g/mol. The molecule has 0 aliphatic rings. The van der Waals surface area contributed by atoms with E-state index in [1.807, 2.05) is 26.1 Å². The van der Waals surface area contributed by atoms with Gasteiger partial charge in [0.15, 0.2) is 0 Å². The lowest BCUT2D eigenvalue weighted by Crippen LogP contribution is -2.06. The average Bonchev–Trinajstić information content (AvgIpc) is 2.21. The molecule has 0 unspecified atom stereocenters. The maximum Gasteiger partial charge on any atom is 0.125 e. The summed E-state index contributed by atoms with van der Waals surface area (Å²) >= 11 is 3.41. The molecule has 0 fully saturated rings. The van der Waals surface area contributed by atoms with Crippen LogP contribution in [-0.2, 0) is 17.9 Å². The van der Waals surface area contributed by atoms with Crippen LogP contribution in [0.2, 0.25) is 0 Å². The molecule has 1 aromatic carbocycles. The van der Waals surface area contributed by atoms with E-state index in [1.165, 1.54) is 0 Å². The summed E-state index contributed by atoms with van der Waals surface area (Å²) in [6.07, 6.45) is 0. The van der Waals surface area contributed by atoms with Gasteiger partial charge in [-0.1, -0.05) is 15.9 Å². The number of rotatable bonds is 5. The van der Waals surface area contributed by atoms with Gasteiger partial charge in [-0.15, -0.1) is 0 Å². The van der Waals surface area contributed by atoms with E-state index in [0.717, 1.165) is 15.6 Å². The van der Waals surface area contributed by atoms with Crippen LogP contribution in [0.5, 0.6) is 5.75 Å². The van der Waals surface area contributed by atoms with Crippen LogP contribution in [-0.4, -0.2) is 18.8 Å². The molecule has 2 N–H and O–H groups in total. The van der Waals surface area contributed by atoms with Crippen molar-refractivity contribution in [1.82, 2.24) is 5.32 Å². The van der Waals surface area contributed by atoms with Gasteiger partial charge >= 0.3 is 0 Å². The van der Waals surface area contributed by atoms with E-state index in [9.17, 15) is 5.11 Å². The predicted molar refractivity (Wildman–Crippen MR) is 63.9 cm³/mol. The molecule has 0 saturated heterocycles. The van der Waals surface area contributed by atoms with Crippen molar-refractivity contribution in [1.29, 1.82) is 0 Å². The Bertz CT molecular complexity index is 329. The fraction of sp³-hybridized carbons (Fsp3) is 0.455. The van der Waals surface area contributed by atoms with E-state index in [2.05, 4.69) is 21.2 Å². The first-order chi connectivity index (χ1) is 7.19. The van der Waals surface area contributed by atoms with Crippen molar-refractivity contribution in [2.24, 2.45) is 0 Å². The second-order valence-corrected chi connectivity index (χ2v) is 4.16. The number of aromatic hydroxyl groups is 1. The quantitative estimate of drug-likeness (QED) is 0.866. The minimum atomic E-state index is 0.320. The number of hydrogen-bond acceptors (Lipinski definition) is 3. The molecule has 0 aromatic heterocycles. The van der Waals surface area contributed by atoms with Crippen molar-refractivity contribution in [3.8, 4) is 5.75 Å². The molecule has 3 nitrogen and oxygen atoms in total. The highest BCUT2D eigenvalue weighted by Gasteiger charge is 2.08. The number of benzene rings is 1. The van der Waals surface area contributed by atoms with E-state index < -0.39 is 0 Å². The highest BCUT2D eigenvalue weighted by molar-refractivity contribution is 9.10. The summed E-state index contributed by atoms with van der Waals surface area (Å²) in [6, 6.07) is 3.78. The molecule has 0 aliphatic carbocycles. The van der Waals surface area contributed by atoms with Gasteiger partial charge in [-0.25, -0.2) is 0 Å². The third kappa shape index (κ3) is 3.48. The van der Waals surface area contributed by atoms with E-state index in [4.69, 9.17) is 4.74 Å². The van der Waals surface area contributed by atoms with Crippen LogP contribution in [0, 0.1) is 0 Å². The Morgan fingerprint density at radius 3 is 2.67 bits per heavy atom. The Kier molecular flexibility index (Phi) is 5.08. The van der Waals surface area contributed by atoms with Crippen LogP contribution in [0.4, 0.5) is 0 Å². The lowest BCUT2D eigenvalue weighted by Gasteiger charge is -2.10. The fourth-order valence-electron chi connectivity index (χ4n) is 1.36. The standard InChI is InChI=1S/C11H16BrNO2/c1-3-15-7-9-5-10(12)4-8(6-13-2)11(9)14/h4-5,13-14H,3,6-7H2,1-2H3. The van der Waals surface area contributed by atoms with Crippen LogP contribution in [0.1, 0.15) is 18.1 Å². The molecule has 4 heteroatoms. The van der Waals surface area contributed by atoms with E-state index in [0.29, 0.717) is 25.5 Å². The van der Waals surface area contributed by atoms with Crippen molar-refractivity contribution < 1.29 is 9.84 Å². The third-order valence-corrected chi connectivity index (χ3v) is 2.52. The van der Waals surface area contributed by atoms with E-state index in [-0.39, 0.29) is 0 Å². The topological polar surface area (TPSA) is 41.5 Å². The number of halogens is 1. The predicted octanol–water partition coefficient (Wildman–Crippen LogP) is 2.41. The maximum absolute atomic E-state index is 9.93. The van der Waals surface area contributed by atoms with E-state index >= 15 is 0 Å². The third-order valence-electron chi connectivity index (χ3n) is 2.06. The number of phenolic OH excluding ortho intramolecular Hbond substituents is 1. The summed E-state index contributed by atoms with van der Waals surface area (Å²) in [4.78, 5) is 0. The molecule has 0 saturated carbocycles. The largest absolute Gasteiger partial charge is 0.507 e. The van der Waals surface area contributed by atoms with Crippen molar-refractivity contribution in [2.45, 2.75) is 20.1 Å². The molecule has 0 atom stereocenters. The van der Waals surface area contributed by atoms with E-state index in [1.54, 1.807) is 0 Å². The molecular formula is C11H16BrNO2. The highest BCUT2D eigenvalue weighted by Crippen LogP contribution is 2.27. The maximum atomic E-state index is 9.93. The van der Waals surface area contributed by atoms with Crippen LogP contribution < -0.4 is 5.32 Å². The second kappa shape index (κ2) is 6.10. The minimum absolute atomic E-state index is 0.320. The Morgan fingerprint density at radius 1 is 1.40 bits per heavy atom. The van der Waals surface area contributed by atoms with Gasteiger partial charge < -0.3 is 15.2 Å². The molecule has 0 spiro atoms. The van der Waals surface area contributed by atoms with Crippen molar-refractivity contribution in [3.63, 3.8) is 0 Å². The zero-order chi connectivity index (χ0) is 11.3. The minimum Gasteiger partial charge on any atom is -0.507 e. The first-order valence-electron chi connectivity index (χ1n) is 4.91. The summed E-state index contributed by atoms with van der Waals surface area (Å²) in [5.74, 6) is 0.320. The van der Waals surface area contributed by atoms with Gasteiger partial charge in [-0.3, -0.25) is 0 Å². The summed E-state index contributed by atoms with van der Waals surface area (Å²) < 4.78 is 6.25. The molecule has 15 heavy (non-hydrogen) atoms. The van der Waals surface area contributed by atoms with Crippen molar-refractivity contribution in [3.05, 3.63) is 27.7 Å². The summed E-state index contributed by atoms with van der Waals surface area (Å²) in [7, 11) is 1.85. The highest BCUT2D eigenvalue weighted by atomic mass is 79.9. The molecule has 1 aromatic rings. The Labute approximate surface area is 98.6 Å². The number of nitrogens with one attached hydrogen (secondary N) is 1. The van der Waals surface area contributed by atoms with Gasteiger partial charge in [0.2, 0.25) is 0 Å². The van der Waals surface area contributed by atoms with Gasteiger partial charge in [0, 0.05) is 28.8 Å². The first kappa shape index (κ1) is 12.5. The molecule has 1 rings (SSSR count). The zero-order valence-corrected chi connectivity index (χ0v) is 10.6. The SMILES string of the molecule is CCOCc1cc(Br)cc(CNC)c1O. The zero-order valence-electron chi connectivity index (χ0n) is 9.01.